The maximum atomic E-state index is 14.9. The lowest BCUT2D eigenvalue weighted by Crippen LogP contribution is -2.54. The van der Waals surface area contributed by atoms with Crippen molar-refractivity contribution in [2.45, 2.75) is 100 Å². The summed E-state index contributed by atoms with van der Waals surface area (Å²) >= 11 is 0. The number of carbonyl (C=O) groups excluding carboxylic acids is 2. The van der Waals surface area contributed by atoms with Gasteiger partial charge in [0.1, 0.15) is 0 Å². The molecule has 3 unspecified atom stereocenters. The highest BCUT2D eigenvalue weighted by atomic mass is 32.2. The minimum Gasteiger partial charge on any atom is -0.353 e. The molecule has 0 radical (unpaired) electrons. The number of hydrogen-bond acceptors (Lipinski definition) is 4. The minimum absolute atomic E-state index is 0.139. The van der Waals surface area contributed by atoms with Gasteiger partial charge in [0.05, 0.1) is 0 Å². The normalized spacial score (nSPS) is 28.5. The average Bonchev–Trinajstić information content (AvgIpc) is 3.21. The molecule has 2 amide bonds. The largest absolute Gasteiger partial charge is 0.431 e. The lowest BCUT2D eigenvalue weighted by molar-refractivity contribution is -0.201. The topological polar surface area (TPSA) is 113 Å². The Morgan fingerprint density at radius 3 is 1.67 bits per heavy atom. The van der Waals surface area contributed by atoms with Crippen LogP contribution >= 0.6 is 0 Å². The van der Waals surface area contributed by atoms with Gasteiger partial charge < -0.3 is 10.6 Å². The second-order valence-corrected chi connectivity index (χ2v) is 11.1. The lowest BCUT2D eigenvalue weighted by Gasteiger charge is -2.33. The predicted molar refractivity (Wildman–Crippen MR) is 111 cm³/mol. The quantitative estimate of drug-likeness (QED) is 0.365. The zero-order valence-corrected chi connectivity index (χ0v) is 19.2. The van der Waals surface area contributed by atoms with E-state index in [9.17, 15) is 35.6 Å². The van der Waals surface area contributed by atoms with Crippen molar-refractivity contribution in [1.82, 2.24) is 10.6 Å². The first-order chi connectivity index (χ1) is 15.3. The van der Waals surface area contributed by atoms with Crippen LogP contribution in [0.25, 0.3) is 0 Å². The average molecular weight is 501 g/mol. The molecule has 7 nitrogen and oxygen atoms in total. The van der Waals surface area contributed by atoms with Crippen molar-refractivity contribution in [2.75, 3.05) is 0 Å². The van der Waals surface area contributed by atoms with Gasteiger partial charge in [-0.05, 0) is 38.5 Å². The van der Waals surface area contributed by atoms with Gasteiger partial charge in [-0.2, -0.15) is 26.0 Å². The number of amides is 2. The summed E-state index contributed by atoms with van der Waals surface area (Å²) in [5.74, 6) is -12.0. The molecular weight excluding hydrogens is 468 g/mol. The fourth-order valence-corrected chi connectivity index (χ4v) is 5.95. The van der Waals surface area contributed by atoms with Crippen molar-refractivity contribution in [3.8, 4) is 0 Å². The number of nitrogens with one attached hydrogen (secondary N) is 2. The van der Waals surface area contributed by atoms with E-state index in [0.717, 1.165) is 51.4 Å². The first kappa shape index (κ1) is 26.2. The van der Waals surface area contributed by atoms with E-state index >= 15 is 0 Å². The van der Waals surface area contributed by atoms with E-state index in [-0.39, 0.29) is 18.5 Å². The molecule has 0 bridgehead atoms. The molecule has 0 heterocycles. The van der Waals surface area contributed by atoms with Gasteiger partial charge in [-0.25, -0.2) is 0 Å². The molecular formula is C21H32F4N2O5S. The van der Waals surface area contributed by atoms with Crippen LogP contribution in [0.15, 0.2) is 0 Å². The molecule has 12 heteroatoms. The van der Waals surface area contributed by atoms with Gasteiger partial charge in [0.25, 0.3) is 0 Å². The van der Waals surface area contributed by atoms with E-state index in [1.165, 1.54) is 0 Å². The Hall–Kier alpha value is -1.43. The molecule has 0 aromatic heterocycles. The number of halogens is 4. The van der Waals surface area contributed by atoms with E-state index in [0.29, 0.717) is 12.8 Å². The first-order valence-electron chi connectivity index (χ1n) is 11.7. The fraction of sp³-hybridized carbons (Fsp3) is 0.905. The molecule has 3 N–H and O–H groups in total. The van der Waals surface area contributed by atoms with E-state index in [2.05, 4.69) is 10.6 Å². The molecule has 3 fully saturated rings. The number of carbonyl (C=O) groups is 2. The van der Waals surface area contributed by atoms with Gasteiger partial charge in [-0.15, -0.1) is 0 Å². The van der Waals surface area contributed by atoms with Crippen LogP contribution in [-0.4, -0.2) is 48.0 Å². The summed E-state index contributed by atoms with van der Waals surface area (Å²) < 4.78 is 89.0. The SMILES string of the molecule is O=C(NC1CCCCC1)C1CC(C(=O)NC2CCCCC2)C(C(F)(F)C(F)(F)S(=O)(=O)O)C1. The number of hydrogen-bond donors (Lipinski definition) is 3. The van der Waals surface area contributed by atoms with Crippen LogP contribution in [0.1, 0.15) is 77.0 Å². The number of alkyl halides is 4. The summed E-state index contributed by atoms with van der Waals surface area (Å²) in [5, 5.41) is -0.384. The van der Waals surface area contributed by atoms with Gasteiger partial charge in [0, 0.05) is 29.8 Å². The molecule has 3 rings (SSSR count). The van der Waals surface area contributed by atoms with Gasteiger partial charge in [-0.1, -0.05) is 38.5 Å². The Morgan fingerprint density at radius 2 is 1.21 bits per heavy atom. The van der Waals surface area contributed by atoms with E-state index in [1.54, 1.807) is 0 Å². The molecule has 3 aliphatic carbocycles. The third-order valence-corrected chi connectivity index (χ3v) is 8.27. The molecule has 3 atom stereocenters. The van der Waals surface area contributed by atoms with Crippen LogP contribution in [0.5, 0.6) is 0 Å². The van der Waals surface area contributed by atoms with Crippen LogP contribution < -0.4 is 10.6 Å². The fourth-order valence-electron chi connectivity index (χ4n) is 5.45. The molecule has 33 heavy (non-hydrogen) atoms. The molecule has 0 saturated heterocycles. The Balaban J connectivity index is 1.81. The highest BCUT2D eigenvalue weighted by Crippen LogP contribution is 2.53. The predicted octanol–water partition coefficient (Wildman–Crippen LogP) is 3.64. The van der Waals surface area contributed by atoms with Crippen molar-refractivity contribution in [1.29, 1.82) is 0 Å². The van der Waals surface area contributed by atoms with Crippen molar-refractivity contribution in [3.05, 3.63) is 0 Å². The number of rotatable bonds is 7. The van der Waals surface area contributed by atoms with Crippen LogP contribution in [0.2, 0.25) is 0 Å². The monoisotopic (exact) mass is 500 g/mol. The smallest absolute Gasteiger partial charge is 0.353 e. The molecule has 3 saturated carbocycles. The first-order valence-corrected chi connectivity index (χ1v) is 13.1. The standard InChI is InChI=1S/C21H32F4N2O5S/c22-20(23,21(24,25)33(30,31)32)17-12-13(18(28)26-14-7-3-1-4-8-14)11-16(17)19(29)27-15-9-5-2-6-10-15/h13-17H,1-12H2,(H,26,28)(H,27,29)(H,30,31,32). The van der Waals surface area contributed by atoms with Crippen LogP contribution in [-0.2, 0) is 19.7 Å². The third kappa shape index (κ3) is 5.63. The van der Waals surface area contributed by atoms with Gasteiger partial charge in [0.15, 0.2) is 0 Å². The molecule has 0 aliphatic heterocycles. The summed E-state index contributed by atoms with van der Waals surface area (Å²) in [6.07, 6.45) is 7.03. The van der Waals surface area contributed by atoms with Crippen LogP contribution in [0.3, 0.4) is 0 Å². The summed E-state index contributed by atoms with van der Waals surface area (Å²) in [7, 11) is -6.45. The van der Waals surface area contributed by atoms with Crippen molar-refractivity contribution >= 4 is 21.9 Å². The maximum absolute atomic E-state index is 14.9. The van der Waals surface area contributed by atoms with Gasteiger partial charge >= 0.3 is 21.3 Å². The van der Waals surface area contributed by atoms with Crippen LogP contribution in [0.4, 0.5) is 17.6 Å². The Labute approximate surface area is 191 Å². The minimum atomic E-state index is -6.45. The molecule has 0 spiro atoms. The van der Waals surface area contributed by atoms with Crippen molar-refractivity contribution < 1.29 is 40.1 Å². The summed E-state index contributed by atoms with van der Waals surface area (Å²) in [5.41, 5.74) is 0. The van der Waals surface area contributed by atoms with Crippen molar-refractivity contribution in [2.24, 2.45) is 17.8 Å². The molecule has 3 aliphatic rings. The van der Waals surface area contributed by atoms with Gasteiger partial charge in [0.2, 0.25) is 11.8 Å². The zero-order chi connectivity index (χ0) is 24.4. The maximum Gasteiger partial charge on any atom is 0.431 e. The van der Waals surface area contributed by atoms with Crippen LogP contribution in [0, 0.1) is 17.8 Å². The third-order valence-electron chi connectivity index (χ3n) is 7.35. The van der Waals surface area contributed by atoms with Crippen molar-refractivity contribution in [3.63, 3.8) is 0 Å². The Kier molecular flexibility index (Phi) is 7.97. The molecule has 0 aromatic carbocycles. The zero-order valence-electron chi connectivity index (χ0n) is 18.4. The molecule has 190 valence electrons. The highest BCUT2D eigenvalue weighted by molar-refractivity contribution is 7.87. The Morgan fingerprint density at radius 1 is 0.758 bits per heavy atom. The van der Waals surface area contributed by atoms with E-state index < -0.39 is 57.3 Å². The Bertz CT molecular complexity index is 827. The summed E-state index contributed by atoms with van der Waals surface area (Å²) in [6.45, 7) is 0. The summed E-state index contributed by atoms with van der Waals surface area (Å²) in [6, 6.07) is -0.419. The lowest BCUT2D eigenvalue weighted by atomic mass is 9.88. The second-order valence-electron chi connectivity index (χ2n) is 9.68. The van der Waals surface area contributed by atoms with Gasteiger partial charge in [-0.3, -0.25) is 14.1 Å². The van der Waals surface area contributed by atoms with E-state index in [4.69, 9.17) is 4.55 Å². The summed E-state index contributed by atoms with van der Waals surface area (Å²) in [4.78, 5) is 25.6. The van der Waals surface area contributed by atoms with E-state index in [1.807, 2.05) is 0 Å². The molecule has 0 aromatic rings. The second kappa shape index (κ2) is 10.1. The highest BCUT2D eigenvalue weighted by Gasteiger charge is 2.72.